The molecule has 2 rings (SSSR count). The molecule has 3 heteroatoms. The van der Waals surface area contributed by atoms with Gasteiger partial charge in [-0.25, -0.2) is 0 Å². The van der Waals surface area contributed by atoms with E-state index in [-0.39, 0.29) is 0 Å². The Kier molecular flexibility index (Phi) is 5.68. The van der Waals surface area contributed by atoms with Gasteiger partial charge < -0.3 is 10.1 Å². The van der Waals surface area contributed by atoms with Gasteiger partial charge in [-0.05, 0) is 56.3 Å². The molecular formula is C16H24ClNO. The van der Waals surface area contributed by atoms with Crippen LogP contribution in [0, 0.1) is 0 Å². The molecule has 0 saturated carbocycles. The molecule has 1 aliphatic rings. The molecule has 1 aliphatic heterocycles. The van der Waals surface area contributed by atoms with E-state index in [1.54, 1.807) is 0 Å². The van der Waals surface area contributed by atoms with Gasteiger partial charge in [0.1, 0.15) is 0 Å². The molecule has 106 valence electrons. The molecule has 0 aromatic heterocycles. The van der Waals surface area contributed by atoms with Gasteiger partial charge in [-0.2, -0.15) is 0 Å². The summed E-state index contributed by atoms with van der Waals surface area (Å²) in [6.45, 7) is 6.30. The fourth-order valence-electron chi connectivity index (χ4n) is 2.79. The molecule has 1 saturated heterocycles. The summed E-state index contributed by atoms with van der Waals surface area (Å²) >= 11 is 6.11. The van der Waals surface area contributed by atoms with Crippen LogP contribution in [0.15, 0.2) is 24.3 Å². The van der Waals surface area contributed by atoms with E-state index >= 15 is 0 Å². The quantitative estimate of drug-likeness (QED) is 0.851. The van der Waals surface area contributed by atoms with E-state index in [9.17, 15) is 0 Å². The minimum atomic E-state index is 0.401. The molecule has 1 N–H and O–H groups in total. The third-order valence-corrected chi connectivity index (χ3v) is 4.06. The van der Waals surface area contributed by atoms with E-state index in [1.807, 2.05) is 12.1 Å². The van der Waals surface area contributed by atoms with Crippen LogP contribution in [0.2, 0.25) is 5.02 Å². The highest BCUT2D eigenvalue weighted by Crippen LogP contribution is 2.30. The third kappa shape index (κ3) is 4.48. The predicted octanol–water partition coefficient (Wildman–Crippen LogP) is 3.99. The number of likely N-dealkylation sites (N-methyl/N-ethyl adjacent to an activating group) is 1. The first-order chi connectivity index (χ1) is 9.19. The molecule has 2 nitrogen and oxygen atoms in total. The Morgan fingerprint density at radius 3 is 2.89 bits per heavy atom. The molecule has 3 atom stereocenters. The van der Waals surface area contributed by atoms with Gasteiger partial charge >= 0.3 is 0 Å². The predicted molar refractivity (Wildman–Crippen MR) is 80.9 cm³/mol. The normalized spacial score (nSPS) is 24.6. The van der Waals surface area contributed by atoms with Crippen molar-refractivity contribution in [3.63, 3.8) is 0 Å². The van der Waals surface area contributed by atoms with Gasteiger partial charge in [-0.1, -0.05) is 30.7 Å². The van der Waals surface area contributed by atoms with Gasteiger partial charge in [-0.15, -0.1) is 0 Å². The minimum Gasteiger partial charge on any atom is -0.375 e. The maximum Gasteiger partial charge on any atom is 0.0586 e. The second-order valence-corrected chi connectivity index (χ2v) is 5.88. The number of ether oxygens (including phenoxy) is 1. The molecule has 0 bridgehead atoms. The van der Waals surface area contributed by atoms with Crippen molar-refractivity contribution in [2.75, 3.05) is 13.1 Å². The fraction of sp³-hybridized carbons (Fsp3) is 0.625. The van der Waals surface area contributed by atoms with Crippen LogP contribution in [0.3, 0.4) is 0 Å². The molecule has 0 spiro atoms. The SMILES string of the molecule is CCNCC(CC1CCC(C)O1)c1cccc(Cl)c1. The summed E-state index contributed by atoms with van der Waals surface area (Å²) in [4.78, 5) is 0. The molecule has 1 fully saturated rings. The van der Waals surface area contributed by atoms with Gasteiger partial charge in [0.2, 0.25) is 0 Å². The van der Waals surface area contributed by atoms with Gasteiger partial charge in [0.05, 0.1) is 12.2 Å². The number of benzene rings is 1. The second kappa shape index (κ2) is 7.28. The number of hydrogen-bond donors (Lipinski definition) is 1. The first-order valence-electron chi connectivity index (χ1n) is 7.30. The lowest BCUT2D eigenvalue weighted by molar-refractivity contribution is 0.0466. The summed E-state index contributed by atoms with van der Waals surface area (Å²) < 4.78 is 5.96. The number of hydrogen-bond acceptors (Lipinski definition) is 2. The summed E-state index contributed by atoms with van der Waals surface area (Å²) in [5.41, 5.74) is 1.32. The van der Waals surface area contributed by atoms with Crippen LogP contribution in [-0.4, -0.2) is 25.3 Å². The first-order valence-corrected chi connectivity index (χ1v) is 7.68. The van der Waals surface area contributed by atoms with Crippen molar-refractivity contribution in [1.29, 1.82) is 0 Å². The molecule has 0 aliphatic carbocycles. The van der Waals surface area contributed by atoms with Crippen LogP contribution in [0.25, 0.3) is 0 Å². The maximum absolute atomic E-state index is 6.11. The Morgan fingerprint density at radius 2 is 2.26 bits per heavy atom. The highest BCUT2D eigenvalue weighted by Gasteiger charge is 2.25. The summed E-state index contributed by atoms with van der Waals surface area (Å²) in [5, 5.41) is 4.27. The lowest BCUT2D eigenvalue weighted by Gasteiger charge is -2.22. The minimum absolute atomic E-state index is 0.401. The van der Waals surface area contributed by atoms with E-state index in [0.29, 0.717) is 18.1 Å². The molecular weight excluding hydrogens is 258 g/mol. The van der Waals surface area contributed by atoms with Gasteiger partial charge in [0.15, 0.2) is 0 Å². The van der Waals surface area contributed by atoms with E-state index < -0.39 is 0 Å². The smallest absolute Gasteiger partial charge is 0.0586 e. The zero-order valence-electron chi connectivity index (χ0n) is 11.9. The van der Waals surface area contributed by atoms with Crippen LogP contribution < -0.4 is 5.32 Å². The van der Waals surface area contributed by atoms with Crippen LogP contribution in [-0.2, 0) is 4.74 Å². The Hall–Kier alpha value is -0.570. The zero-order valence-corrected chi connectivity index (χ0v) is 12.6. The van der Waals surface area contributed by atoms with Crippen LogP contribution >= 0.6 is 11.6 Å². The van der Waals surface area contributed by atoms with E-state index in [0.717, 1.165) is 24.5 Å². The summed E-state index contributed by atoms with van der Waals surface area (Å²) in [6.07, 6.45) is 4.28. The zero-order chi connectivity index (χ0) is 13.7. The highest BCUT2D eigenvalue weighted by molar-refractivity contribution is 6.30. The van der Waals surface area contributed by atoms with E-state index in [4.69, 9.17) is 16.3 Å². The number of halogens is 1. The lowest BCUT2D eigenvalue weighted by atomic mass is 9.92. The Bertz CT molecular complexity index is 396. The monoisotopic (exact) mass is 281 g/mol. The Labute approximate surface area is 121 Å². The van der Waals surface area contributed by atoms with Crippen molar-refractivity contribution in [3.8, 4) is 0 Å². The van der Waals surface area contributed by atoms with Crippen molar-refractivity contribution in [3.05, 3.63) is 34.9 Å². The first kappa shape index (κ1) is 14.8. The van der Waals surface area contributed by atoms with Crippen molar-refractivity contribution >= 4 is 11.6 Å². The Morgan fingerprint density at radius 1 is 1.42 bits per heavy atom. The van der Waals surface area contributed by atoms with Gasteiger partial charge in [0, 0.05) is 11.6 Å². The molecule has 1 heterocycles. The van der Waals surface area contributed by atoms with E-state index in [1.165, 1.54) is 18.4 Å². The largest absolute Gasteiger partial charge is 0.375 e. The number of rotatable bonds is 6. The molecule has 0 amide bonds. The average molecular weight is 282 g/mol. The Balaban J connectivity index is 2.02. The topological polar surface area (TPSA) is 21.3 Å². The van der Waals surface area contributed by atoms with Crippen LogP contribution in [0.4, 0.5) is 0 Å². The summed E-state index contributed by atoms with van der Waals surface area (Å²) in [5.74, 6) is 0.481. The molecule has 0 radical (unpaired) electrons. The van der Waals surface area contributed by atoms with Crippen LogP contribution in [0.1, 0.15) is 44.6 Å². The highest BCUT2D eigenvalue weighted by atomic mass is 35.5. The van der Waals surface area contributed by atoms with Crippen LogP contribution in [0.5, 0.6) is 0 Å². The van der Waals surface area contributed by atoms with E-state index in [2.05, 4.69) is 31.3 Å². The fourth-order valence-corrected chi connectivity index (χ4v) is 2.99. The number of nitrogens with one attached hydrogen (secondary N) is 1. The molecule has 19 heavy (non-hydrogen) atoms. The third-order valence-electron chi connectivity index (χ3n) is 3.83. The van der Waals surface area contributed by atoms with Crippen molar-refractivity contribution in [2.45, 2.75) is 51.2 Å². The molecule has 1 aromatic carbocycles. The maximum atomic E-state index is 6.11. The van der Waals surface area contributed by atoms with Gasteiger partial charge in [0.25, 0.3) is 0 Å². The lowest BCUT2D eigenvalue weighted by Crippen LogP contribution is -2.24. The average Bonchev–Trinajstić information content (AvgIpc) is 2.80. The summed E-state index contributed by atoms with van der Waals surface area (Å²) in [7, 11) is 0. The molecule has 3 unspecified atom stereocenters. The summed E-state index contributed by atoms with van der Waals surface area (Å²) in [6, 6.07) is 8.23. The van der Waals surface area contributed by atoms with Crippen molar-refractivity contribution in [1.82, 2.24) is 5.32 Å². The van der Waals surface area contributed by atoms with Gasteiger partial charge in [-0.3, -0.25) is 0 Å². The molecule has 1 aromatic rings. The van der Waals surface area contributed by atoms with Crippen molar-refractivity contribution < 1.29 is 4.74 Å². The van der Waals surface area contributed by atoms with Crippen molar-refractivity contribution in [2.24, 2.45) is 0 Å². The standard InChI is InChI=1S/C16H24ClNO/c1-3-18-11-14(10-16-8-7-12(2)19-16)13-5-4-6-15(17)9-13/h4-6,9,12,14,16,18H,3,7-8,10-11H2,1-2H3. The second-order valence-electron chi connectivity index (χ2n) is 5.44.